The zero-order valence-electron chi connectivity index (χ0n) is 11.4. The lowest BCUT2D eigenvalue weighted by Gasteiger charge is -2.08. The number of hydrogen-bond acceptors (Lipinski definition) is 4. The Balaban J connectivity index is 2.15. The van der Waals surface area contributed by atoms with E-state index in [1.165, 1.54) is 6.33 Å². The average molecular weight is 325 g/mol. The molecule has 0 aliphatic carbocycles. The van der Waals surface area contributed by atoms with Crippen LogP contribution in [-0.4, -0.2) is 22.4 Å². The van der Waals surface area contributed by atoms with E-state index in [0.717, 1.165) is 6.42 Å². The van der Waals surface area contributed by atoms with E-state index in [1.807, 2.05) is 6.92 Å². The normalized spacial score (nSPS) is 10.2. The van der Waals surface area contributed by atoms with Gasteiger partial charge in [-0.3, -0.25) is 4.79 Å². The number of carbonyl (C=O) groups is 1. The van der Waals surface area contributed by atoms with Crippen LogP contribution in [0.15, 0.2) is 30.6 Å². The van der Waals surface area contributed by atoms with Crippen molar-refractivity contribution in [3.63, 3.8) is 0 Å². The minimum absolute atomic E-state index is 0.230. The Hall–Kier alpha value is -1.85. The standard InChI is InChI=1S/C14H14Cl2N4O/c1-2-3-17-14(21)12-7-13(19-8-18-12)20-11-5-9(15)4-10(16)6-11/h4-8H,2-3H2,1H3,(H,17,21)(H,18,19,20). The van der Waals surface area contributed by atoms with Gasteiger partial charge in [0, 0.05) is 28.3 Å². The van der Waals surface area contributed by atoms with Crippen molar-refractivity contribution < 1.29 is 4.79 Å². The molecule has 0 fully saturated rings. The van der Waals surface area contributed by atoms with E-state index in [-0.39, 0.29) is 5.91 Å². The van der Waals surface area contributed by atoms with Gasteiger partial charge in [-0.2, -0.15) is 0 Å². The minimum atomic E-state index is -0.230. The van der Waals surface area contributed by atoms with Crippen LogP contribution in [0, 0.1) is 0 Å². The van der Waals surface area contributed by atoms with E-state index in [1.54, 1.807) is 24.3 Å². The molecule has 1 aromatic heterocycles. The molecular formula is C14H14Cl2N4O. The van der Waals surface area contributed by atoms with Gasteiger partial charge >= 0.3 is 0 Å². The topological polar surface area (TPSA) is 66.9 Å². The zero-order chi connectivity index (χ0) is 15.2. The third kappa shape index (κ3) is 4.58. The van der Waals surface area contributed by atoms with Gasteiger partial charge in [-0.15, -0.1) is 0 Å². The molecule has 110 valence electrons. The monoisotopic (exact) mass is 324 g/mol. The number of aromatic nitrogens is 2. The highest BCUT2D eigenvalue weighted by molar-refractivity contribution is 6.35. The molecule has 7 heteroatoms. The van der Waals surface area contributed by atoms with Crippen LogP contribution in [0.5, 0.6) is 0 Å². The molecule has 2 aromatic rings. The van der Waals surface area contributed by atoms with Crippen LogP contribution in [0.3, 0.4) is 0 Å². The number of nitrogens with zero attached hydrogens (tertiary/aromatic N) is 2. The Kier molecular flexibility index (Phi) is 5.36. The summed E-state index contributed by atoms with van der Waals surface area (Å²) in [7, 11) is 0. The first-order valence-electron chi connectivity index (χ1n) is 6.42. The van der Waals surface area contributed by atoms with Crippen molar-refractivity contribution in [3.05, 3.63) is 46.3 Å². The summed E-state index contributed by atoms with van der Waals surface area (Å²) in [6.45, 7) is 2.59. The van der Waals surface area contributed by atoms with Crippen molar-refractivity contribution in [3.8, 4) is 0 Å². The second-order valence-corrected chi connectivity index (χ2v) is 5.20. The van der Waals surface area contributed by atoms with Crippen molar-refractivity contribution in [1.29, 1.82) is 0 Å². The van der Waals surface area contributed by atoms with Gasteiger partial charge in [0.05, 0.1) is 0 Å². The third-order valence-corrected chi connectivity index (χ3v) is 3.01. The van der Waals surface area contributed by atoms with Crippen molar-refractivity contribution >= 4 is 40.6 Å². The molecule has 1 amide bonds. The Morgan fingerprint density at radius 3 is 2.52 bits per heavy atom. The molecule has 0 saturated carbocycles. The summed E-state index contributed by atoms with van der Waals surface area (Å²) in [5.74, 6) is 0.261. The fourth-order valence-electron chi connectivity index (χ4n) is 1.65. The maximum absolute atomic E-state index is 11.8. The fraction of sp³-hybridized carbons (Fsp3) is 0.214. The molecule has 0 saturated heterocycles. The first-order chi connectivity index (χ1) is 10.1. The lowest BCUT2D eigenvalue weighted by molar-refractivity contribution is 0.0948. The Labute approximate surface area is 132 Å². The molecule has 1 heterocycles. The van der Waals surface area contributed by atoms with Gasteiger partial charge < -0.3 is 10.6 Å². The summed E-state index contributed by atoms with van der Waals surface area (Å²) < 4.78 is 0. The largest absolute Gasteiger partial charge is 0.351 e. The number of halogens is 2. The van der Waals surface area contributed by atoms with Crippen molar-refractivity contribution in [2.45, 2.75) is 13.3 Å². The van der Waals surface area contributed by atoms with Gasteiger partial charge in [-0.05, 0) is 24.6 Å². The van der Waals surface area contributed by atoms with Crippen molar-refractivity contribution in [2.24, 2.45) is 0 Å². The van der Waals surface area contributed by atoms with Gasteiger partial charge in [0.25, 0.3) is 5.91 Å². The molecule has 0 aliphatic heterocycles. The van der Waals surface area contributed by atoms with E-state index in [2.05, 4.69) is 20.6 Å². The Morgan fingerprint density at radius 2 is 1.86 bits per heavy atom. The third-order valence-electron chi connectivity index (χ3n) is 2.57. The second kappa shape index (κ2) is 7.24. The van der Waals surface area contributed by atoms with Gasteiger partial charge in [0.15, 0.2) is 0 Å². The van der Waals surface area contributed by atoms with Crippen LogP contribution in [0.2, 0.25) is 10.0 Å². The van der Waals surface area contributed by atoms with Crippen LogP contribution < -0.4 is 10.6 Å². The molecule has 0 aliphatic rings. The molecule has 0 atom stereocenters. The number of amides is 1. The summed E-state index contributed by atoms with van der Waals surface area (Å²) >= 11 is 11.9. The second-order valence-electron chi connectivity index (χ2n) is 4.33. The highest BCUT2D eigenvalue weighted by Crippen LogP contribution is 2.24. The quantitative estimate of drug-likeness (QED) is 0.880. The molecule has 5 nitrogen and oxygen atoms in total. The molecule has 21 heavy (non-hydrogen) atoms. The molecule has 0 spiro atoms. The number of benzene rings is 1. The summed E-state index contributed by atoms with van der Waals surface area (Å²) in [6, 6.07) is 6.64. The van der Waals surface area contributed by atoms with E-state index in [9.17, 15) is 4.79 Å². The smallest absolute Gasteiger partial charge is 0.270 e. The van der Waals surface area contributed by atoms with E-state index < -0.39 is 0 Å². The summed E-state index contributed by atoms with van der Waals surface area (Å²) in [4.78, 5) is 19.9. The highest BCUT2D eigenvalue weighted by atomic mass is 35.5. The van der Waals surface area contributed by atoms with Gasteiger partial charge in [0.1, 0.15) is 17.8 Å². The summed E-state index contributed by atoms with van der Waals surface area (Å²) in [6.07, 6.45) is 2.19. The molecule has 0 bridgehead atoms. The molecule has 2 N–H and O–H groups in total. The van der Waals surface area contributed by atoms with Crippen LogP contribution >= 0.6 is 23.2 Å². The maximum atomic E-state index is 11.8. The number of nitrogens with one attached hydrogen (secondary N) is 2. The maximum Gasteiger partial charge on any atom is 0.270 e. The highest BCUT2D eigenvalue weighted by Gasteiger charge is 2.08. The zero-order valence-corrected chi connectivity index (χ0v) is 12.9. The van der Waals surface area contributed by atoms with Crippen LogP contribution in [0.4, 0.5) is 11.5 Å². The van der Waals surface area contributed by atoms with E-state index in [0.29, 0.717) is 33.8 Å². The minimum Gasteiger partial charge on any atom is -0.351 e. The van der Waals surface area contributed by atoms with Gasteiger partial charge in [0.2, 0.25) is 0 Å². The first kappa shape index (κ1) is 15.5. The number of hydrogen-bond donors (Lipinski definition) is 2. The predicted molar refractivity (Wildman–Crippen MR) is 84.4 cm³/mol. The van der Waals surface area contributed by atoms with Crippen LogP contribution in [0.1, 0.15) is 23.8 Å². The summed E-state index contributed by atoms with van der Waals surface area (Å²) in [5, 5.41) is 6.82. The number of rotatable bonds is 5. The Bertz CT molecular complexity index is 628. The van der Waals surface area contributed by atoms with E-state index in [4.69, 9.17) is 23.2 Å². The lowest BCUT2D eigenvalue weighted by Crippen LogP contribution is -2.25. The molecule has 1 aromatic carbocycles. The van der Waals surface area contributed by atoms with Crippen molar-refractivity contribution in [1.82, 2.24) is 15.3 Å². The molecular weight excluding hydrogens is 311 g/mol. The van der Waals surface area contributed by atoms with Crippen LogP contribution in [0.25, 0.3) is 0 Å². The molecule has 0 unspecified atom stereocenters. The molecule has 0 radical (unpaired) electrons. The average Bonchev–Trinajstić information content (AvgIpc) is 2.44. The van der Waals surface area contributed by atoms with E-state index >= 15 is 0 Å². The Morgan fingerprint density at radius 1 is 1.14 bits per heavy atom. The number of carbonyl (C=O) groups excluding carboxylic acids is 1. The fourth-order valence-corrected chi connectivity index (χ4v) is 2.18. The number of anilines is 2. The lowest BCUT2D eigenvalue weighted by atomic mass is 10.3. The summed E-state index contributed by atoms with van der Waals surface area (Å²) in [5.41, 5.74) is 0.986. The van der Waals surface area contributed by atoms with Crippen molar-refractivity contribution in [2.75, 3.05) is 11.9 Å². The molecule has 2 rings (SSSR count). The first-order valence-corrected chi connectivity index (χ1v) is 7.17. The van der Waals surface area contributed by atoms with Gasteiger partial charge in [-0.25, -0.2) is 9.97 Å². The SMILES string of the molecule is CCCNC(=O)c1cc(Nc2cc(Cl)cc(Cl)c2)ncn1. The predicted octanol–water partition coefficient (Wildman–Crippen LogP) is 3.67. The van der Waals surface area contributed by atoms with Gasteiger partial charge in [-0.1, -0.05) is 30.1 Å². The van der Waals surface area contributed by atoms with Crippen LogP contribution in [-0.2, 0) is 0 Å².